The van der Waals surface area contributed by atoms with Crippen molar-refractivity contribution in [2.24, 2.45) is 11.3 Å². The molecule has 180 valence electrons. The first-order valence-corrected chi connectivity index (χ1v) is 11.8. The summed E-state index contributed by atoms with van der Waals surface area (Å²) in [4.78, 5) is 38.1. The van der Waals surface area contributed by atoms with Crippen molar-refractivity contribution in [3.05, 3.63) is 59.7 Å². The van der Waals surface area contributed by atoms with Gasteiger partial charge in [-0.3, -0.25) is 4.79 Å². The third-order valence-electron chi connectivity index (χ3n) is 7.10. The molecule has 0 spiro atoms. The third-order valence-corrected chi connectivity index (χ3v) is 7.10. The normalized spacial score (nSPS) is 18.9. The Balaban J connectivity index is 1.29. The van der Waals surface area contributed by atoms with Crippen molar-refractivity contribution in [3.63, 3.8) is 0 Å². The first-order chi connectivity index (χ1) is 16.2. The van der Waals surface area contributed by atoms with E-state index in [1.165, 1.54) is 16.0 Å². The van der Waals surface area contributed by atoms with Gasteiger partial charge in [-0.1, -0.05) is 75.7 Å². The van der Waals surface area contributed by atoms with Gasteiger partial charge in [-0.2, -0.15) is 0 Å². The van der Waals surface area contributed by atoms with Gasteiger partial charge in [0.25, 0.3) is 0 Å². The van der Waals surface area contributed by atoms with Gasteiger partial charge in [0.05, 0.1) is 0 Å². The van der Waals surface area contributed by atoms with Gasteiger partial charge in [0.2, 0.25) is 5.91 Å². The summed E-state index contributed by atoms with van der Waals surface area (Å²) in [5, 5.41) is 12.2. The van der Waals surface area contributed by atoms with Crippen LogP contribution in [0.2, 0.25) is 0 Å². The van der Waals surface area contributed by atoms with Crippen LogP contribution in [0.4, 0.5) is 4.79 Å². The number of carboxylic acid groups (broad SMARTS) is 1. The van der Waals surface area contributed by atoms with Crippen LogP contribution in [0.5, 0.6) is 0 Å². The quantitative estimate of drug-likeness (QED) is 0.609. The predicted molar refractivity (Wildman–Crippen MR) is 128 cm³/mol. The van der Waals surface area contributed by atoms with E-state index < -0.39 is 23.5 Å². The SMILES string of the molecule is CCC(CNC(=O)OCC1c2ccccc2-c2ccccc21)CC(=O)N1CC(C)(C)C1C(=O)O. The molecule has 1 aliphatic heterocycles. The number of alkyl carbamates (subject to hydrolysis) is 1. The molecule has 2 unspecified atom stereocenters. The van der Waals surface area contributed by atoms with Crippen LogP contribution in [-0.4, -0.2) is 53.7 Å². The highest BCUT2D eigenvalue weighted by atomic mass is 16.5. The average molecular weight is 465 g/mol. The van der Waals surface area contributed by atoms with Gasteiger partial charge >= 0.3 is 12.1 Å². The first-order valence-electron chi connectivity index (χ1n) is 11.8. The molecule has 0 radical (unpaired) electrons. The number of nitrogens with one attached hydrogen (secondary N) is 1. The monoisotopic (exact) mass is 464 g/mol. The zero-order valence-electron chi connectivity index (χ0n) is 19.9. The number of hydrogen-bond donors (Lipinski definition) is 2. The summed E-state index contributed by atoms with van der Waals surface area (Å²) < 4.78 is 5.57. The fourth-order valence-electron chi connectivity index (χ4n) is 5.23. The number of nitrogens with zero attached hydrogens (tertiary/aromatic N) is 1. The Labute approximate surface area is 200 Å². The molecule has 2 N–H and O–H groups in total. The molecule has 7 nitrogen and oxygen atoms in total. The number of fused-ring (bicyclic) bond motifs is 3. The van der Waals surface area contributed by atoms with Gasteiger partial charge in [0.1, 0.15) is 12.6 Å². The number of ether oxygens (including phenoxy) is 1. The maximum absolute atomic E-state index is 12.7. The number of rotatable bonds is 8. The highest BCUT2D eigenvalue weighted by Crippen LogP contribution is 2.44. The molecular formula is C27H32N2O5. The Kier molecular flexibility index (Phi) is 6.64. The zero-order chi connectivity index (χ0) is 24.5. The summed E-state index contributed by atoms with van der Waals surface area (Å²) in [6.45, 7) is 6.62. The van der Waals surface area contributed by atoms with Gasteiger partial charge in [0, 0.05) is 30.8 Å². The molecule has 0 saturated carbocycles. The van der Waals surface area contributed by atoms with Crippen molar-refractivity contribution >= 4 is 18.0 Å². The van der Waals surface area contributed by atoms with Gasteiger partial charge in [-0.25, -0.2) is 9.59 Å². The molecule has 2 atom stereocenters. The van der Waals surface area contributed by atoms with E-state index in [2.05, 4.69) is 29.6 Å². The van der Waals surface area contributed by atoms with E-state index in [1.54, 1.807) is 0 Å². The van der Waals surface area contributed by atoms with Gasteiger partial charge in [-0.15, -0.1) is 0 Å². The number of carbonyl (C=O) groups excluding carboxylic acids is 2. The Morgan fingerprint density at radius 2 is 1.68 bits per heavy atom. The number of carbonyl (C=O) groups is 3. The van der Waals surface area contributed by atoms with E-state index in [0.717, 1.165) is 11.1 Å². The number of hydrogen-bond acceptors (Lipinski definition) is 4. The van der Waals surface area contributed by atoms with Crippen LogP contribution < -0.4 is 5.32 Å². The molecule has 1 aliphatic carbocycles. The Morgan fingerprint density at radius 3 is 2.21 bits per heavy atom. The van der Waals surface area contributed by atoms with Gasteiger partial charge < -0.3 is 20.1 Å². The molecule has 2 amide bonds. The lowest BCUT2D eigenvalue weighted by molar-refractivity contribution is -0.172. The molecule has 7 heteroatoms. The fraction of sp³-hybridized carbons (Fsp3) is 0.444. The zero-order valence-corrected chi connectivity index (χ0v) is 19.9. The number of likely N-dealkylation sites (tertiary alicyclic amines) is 1. The second kappa shape index (κ2) is 9.49. The molecule has 1 saturated heterocycles. The van der Waals surface area contributed by atoms with E-state index in [1.807, 2.05) is 45.0 Å². The second-order valence-electron chi connectivity index (χ2n) is 9.94. The molecule has 1 fully saturated rings. The van der Waals surface area contributed by atoms with E-state index in [4.69, 9.17) is 4.74 Å². The summed E-state index contributed by atoms with van der Waals surface area (Å²) in [7, 11) is 0. The van der Waals surface area contributed by atoms with Crippen LogP contribution in [0, 0.1) is 11.3 Å². The van der Waals surface area contributed by atoms with E-state index in [0.29, 0.717) is 19.5 Å². The number of aliphatic carboxylic acids is 1. The summed E-state index contributed by atoms with van der Waals surface area (Å²) in [5.74, 6) is -1.27. The molecule has 2 aliphatic rings. The number of benzene rings is 2. The third kappa shape index (κ3) is 4.52. The fourth-order valence-corrected chi connectivity index (χ4v) is 5.23. The molecule has 1 heterocycles. The lowest BCUT2D eigenvalue weighted by atomic mass is 9.74. The lowest BCUT2D eigenvalue weighted by Gasteiger charge is -2.52. The Morgan fingerprint density at radius 1 is 1.09 bits per heavy atom. The van der Waals surface area contributed by atoms with Crippen LogP contribution in [0.25, 0.3) is 11.1 Å². The smallest absolute Gasteiger partial charge is 0.407 e. The molecule has 0 aromatic heterocycles. The highest BCUT2D eigenvalue weighted by Gasteiger charge is 2.52. The summed E-state index contributed by atoms with van der Waals surface area (Å²) in [6, 6.07) is 15.5. The van der Waals surface area contributed by atoms with Gasteiger partial charge in [0.15, 0.2) is 0 Å². The average Bonchev–Trinajstić information content (AvgIpc) is 3.12. The van der Waals surface area contributed by atoms with Crippen LogP contribution in [0.15, 0.2) is 48.5 Å². The Bertz CT molecular complexity index is 1050. The minimum atomic E-state index is -0.977. The van der Waals surface area contributed by atoms with Gasteiger partial charge in [-0.05, 0) is 28.2 Å². The highest BCUT2D eigenvalue weighted by molar-refractivity contribution is 5.86. The van der Waals surface area contributed by atoms with Crippen molar-refractivity contribution in [3.8, 4) is 11.1 Å². The van der Waals surface area contributed by atoms with Crippen molar-refractivity contribution in [1.82, 2.24) is 10.2 Å². The van der Waals surface area contributed by atoms with Crippen LogP contribution in [0.3, 0.4) is 0 Å². The molecule has 0 bridgehead atoms. The summed E-state index contributed by atoms with van der Waals surface area (Å²) in [6.07, 6.45) is 0.367. The summed E-state index contributed by atoms with van der Waals surface area (Å²) >= 11 is 0. The molecule has 4 rings (SSSR count). The van der Waals surface area contributed by atoms with E-state index >= 15 is 0 Å². The lowest BCUT2D eigenvalue weighted by Crippen LogP contribution is -2.67. The maximum Gasteiger partial charge on any atom is 0.407 e. The largest absolute Gasteiger partial charge is 0.480 e. The van der Waals surface area contributed by atoms with E-state index in [9.17, 15) is 19.5 Å². The van der Waals surface area contributed by atoms with Crippen molar-refractivity contribution in [2.45, 2.75) is 45.6 Å². The van der Waals surface area contributed by atoms with Crippen molar-refractivity contribution < 1.29 is 24.2 Å². The van der Waals surface area contributed by atoms with Crippen LogP contribution in [-0.2, 0) is 14.3 Å². The van der Waals surface area contributed by atoms with E-state index in [-0.39, 0.29) is 30.8 Å². The molecule has 2 aromatic rings. The standard InChI is InChI=1S/C27H32N2O5/c1-4-17(13-23(30)29-16-27(2,3)24(29)25(31)32)14-28-26(33)34-15-22-20-11-7-5-9-18(20)19-10-6-8-12-21(19)22/h5-12,17,22,24H,4,13-16H2,1-3H3,(H,28,33)(H,31,32). The van der Waals surface area contributed by atoms with Crippen LogP contribution in [0.1, 0.15) is 50.7 Å². The minimum absolute atomic E-state index is 0.00979. The van der Waals surface area contributed by atoms with Crippen LogP contribution >= 0.6 is 0 Å². The molecule has 2 aromatic carbocycles. The number of amides is 2. The first kappa shape index (κ1) is 23.8. The molecule has 34 heavy (non-hydrogen) atoms. The number of carboxylic acids is 1. The molecular weight excluding hydrogens is 432 g/mol. The van der Waals surface area contributed by atoms with Crippen molar-refractivity contribution in [1.29, 1.82) is 0 Å². The predicted octanol–water partition coefficient (Wildman–Crippen LogP) is 4.26. The minimum Gasteiger partial charge on any atom is -0.480 e. The van der Waals surface area contributed by atoms with Crippen molar-refractivity contribution in [2.75, 3.05) is 19.7 Å². The Hall–Kier alpha value is -3.35. The summed E-state index contributed by atoms with van der Waals surface area (Å²) in [5.41, 5.74) is 4.22. The maximum atomic E-state index is 12.7. The topological polar surface area (TPSA) is 95.9 Å². The second-order valence-corrected chi connectivity index (χ2v) is 9.94.